The van der Waals surface area contributed by atoms with Gasteiger partial charge in [0.1, 0.15) is 0 Å². The van der Waals surface area contributed by atoms with Crippen LogP contribution in [0.2, 0.25) is 0 Å². The van der Waals surface area contributed by atoms with Gasteiger partial charge in [0.15, 0.2) is 0 Å². The summed E-state index contributed by atoms with van der Waals surface area (Å²) in [4.78, 5) is 0. The molecule has 0 saturated carbocycles. The van der Waals surface area contributed by atoms with E-state index < -0.39 is 0 Å². The van der Waals surface area contributed by atoms with E-state index in [2.05, 4.69) is 27.7 Å². The Hall–Kier alpha value is 0.297. The number of hydrogen-bond donors (Lipinski definition) is 0. The number of unbranched alkanes of at least 4 members (excludes halogenated alkanes) is 1. The molecule has 0 saturated heterocycles. The summed E-state index contributed by atoms with van der Waals surface area (Å²) in [5, 5.41) is 0. The van der Waals surface area contributed by atoms with Crippen LogP contribution in [0.3, 0.4) is 0 Å². The molecule has 0 bridgehead atoms. The minimum atomic E-state index is -0.0541. The Morgan fingerprint density at radius 1 is 1.36 bits per heavy atom. The minimum Gasteiger partial charge on any atom is -0.518 e. The van der Waals surface area contributed by atoms with Crippen LogP contribution in [0, 0.1) is 6.58 Å². The third-order valence-corrected chi connectivity index (χ3v) is 1.80. The molecule has 0 aromatic rings. The SMILES string of the molecule is [CH-]=CCC(CCCC)OC(C)(C)C.[Li+]. The molecule has 0 fully saturated rings. The van der Waals surface area contributed by atoms with Crippen molar-refractivity contribution in [1.82, 2.24) is 0 Å². The van der Waals surface area contributed by atoms with Crippen molar-refractivity contribution in [2.75, 3.05) is 0 Å². The van der Waals surface area contributed by atoms with Gasteiger partial charge >= 0.3 is 18.9 Å². The molecule has 1 unspecified atom stereocenters. The quantitative estimate of drug-likeness (QED) is 0.443. The summed E-state index contributed by atoms with van der Waals surface area (Å²) in [6.45, 7) is 13.9. The Bertz CT molecular complexity index is 138. The van der Waals surface area contributed by atoms with Gasteiger partial charge in [-0.2, -0.15) is 0 Å². The van der Waals surface area contributed by atoms with E-state index in [4.69, 9.17) is 11.3 Å². The fraction of sp³-hybridized carbons (Fsp3) is 0.833. The molecule has 0 spiro atoms. The Balaban J connectivity index is 0. The standard InChI is InChI=1S/C12H23O.Li/c1-6-8-10-11(9-7-2)13-12(3,4)5;/h2,7,11H,6,8-10H2,1,3-5H3;/q-1;+1. The van der Waals surface area contributed by atoms with E-state index in [0.717, 1.165) is 12.8 Å². The van der Waals surface area contributed by atoms with Gasteiger partial charge in [0.2, 0.25) is 0 Å². The van der Waals surface area contributed by atoms with Crippen molar-refractivity contribution in [1.29, 1.82) is 0 Å². The van der Waals surface area contributed by atoms with Crippen LogP contribution in [0.4, 0.5) is 0 Å². The van der Waals surface area contributed by atoms with E-state index in [9.17, 15) is 0 Å². The van der Waals surface area contributed by atoms with Crippen molar-refractivity contribution in [3.05, 3.63) is 12.7 Å². The molecule has 2 heteroatoms. The molecule has 0 rings (SSSR count). The number of hydrogen-bond acceptors (Lipinski definition) is 1. The maximum Gasteiger partial charge on any atom is 1.00 e. The molecule has 0 aliphatic heterocycles. The molecule has 1 nitrogen and oxygen atoms in total. The summed E-state index contributed by atoms with van der Waals surface area (Å²) in [5.41, 5.74) is -0.0541. The largest absolute Gasteiger partial charge is 1.00 e. The van der Waals surface area contributed by atoms with E-state index in [0.29, 0.717) is 6.10 Å². The van der Waals surface area contributed by atoms with Gasteiger partial charge in [-0.05, 0) is 33.6 Å². The topological polar surface area (TPSA) is 9.23 Å². The van der Waals surface area contributed by atoms with Crippen LogP contribution in [0.15, 0.2) is 6.08 Å². The fourth-order valence-corrected chi connectivity index (χ4v) is 1.31. The Morgan fingerprint density at radius 2 is 1.93 bits per heavy atom. The van der Waals surface area contributed by atoms with Gasteiger partial charge < -0.3 is 11.3 Å². The van der Waals surface area contributed by atoms with Crippen molar-refractivity contribution < 1.29 is 23.6 Å². The average molecular weight is 190 g/mol. The second kappa shape index (κ2) is 8.59. The monoisotopic (exact) mass is 190 g/mol. The van der Waals surface area contributed by atoms with Gasteiger partial charge in [0.25, 0.3) is 0 Å². The van der Waals surface area contributed by atoms with E-state index >= 15 is 0 Å². The van der Waals surface area contributed by atoms with E-state index in [1.165, 1.54) is 12.8 Å². The van der Waals surface area contributed by atoms with Crippen molar-refractivity contribution in [2.24, 2.45) is 0 Å². The van der Waals surface area contributed by atoms with Crippen molar-refractivity contribution in [3.8, 4) is 0 Å². The molecule has 14 heavy (non-hydrogen) atoms. The van der Waals surface area contributed by atoms with Gasteiger partial charge in [-0.25, -0.2) is 0 Å². The summed E-state index contributed by atoms with van der Waals surface area (Å²) in [5.74, 6) is 0. The molecule has 0 N–H and O–H groups in total. The molecule has 0 aromatic carbocycles. The molecule has 0 heterocycles. The summed E-state index contributed by atoms with van der Waals surface area (Å²) >= 11 is 0. The third-order valence-electron chi connectivity index (χ3n) is 1.80. The van der Waals surface area contributed by atoms with Gasteiger partial charge in [-0.15, -0.1) is 0 Å². The van der Waals surface area contributed by atoms with Crippen molar-refractivity contribution in [3.63, 3.8) is 0 Å². The molecular weight excluding hydrogens is 167 g/mol. The second-order valence-electron chi connectivity index (χ2n) is 4.47. The molecule has 0 aliphatic carbocycles. The maximum absolute atomic E-state index is 5.87. The summed E-state index contributed by atoms with van der Waals surface area (Å²) in [6, 6.07) is 0. The molecule has 0 amide bonds. The summed E-state index contributed by atoms with van der Waals surface area (Å²) in [7, 11) is 0. The Kier molecular flexibility index (Phi) is 10.3. The summed E-state index contributed by atoms with van der Waals surface area (Å²) in [6.07, 6.45) is 6.40. The minimum absolute atomic E-state index is 0. The van der Waals surface area contributed by atoms with E-state index in [-0.39, 0.29) is 24.5 Å². The van der Waals surface area contributed by atoms with E-state index in [1.54, 1.807) is 6.08 Å². The normalized spacial score (nSPS) is 13.1. The van der Waals surface area contributed by atoms with Crippen LogP contribution in [-0.4, -0.2) is 11.7 Å². The predicted molar refractivity (Wildman–Crippen MR) is 57.6 cm³/mol. The first kappa shape index (κ1) is 16.7. The third kappa shape index (κ3) is 10.4. The van der Waals surface area contributed by atoms with Crippen LogP contribution >= 0.6 is 0 Å². The molecule has 0 aliphatic rings. The van der Waals surface area contributed by atoms with Gasteiger partial charge in [-0.3, -0.25) is 6.08 Å². The predicted octanol–water partition coefficient (Wildman–Crippen LogP) is 0.744. The van der Waals surface area contributed by atoms with Crippen LogP contribution in [0.5, 0.6) is 0 Å². The zero-order valence-corrected chi connectivity index (χ0v) is 10.5. The van der Waals surface area contributed by atoms with Crippen LogP contribution in [-0.2, 0) is 4.74 Å². The number of ether oxygens (including phenoxy) is 1. The first-order chi connectivity index (χ1) is 5.99. The summed E-state index contributed by atoms with van der Waals surface area (Å²) < 4.78 is 5.87. The Morgan fingerprint density at radius 3 is 2.29 bits per heavy atom. The fourth-order valence-electron chi connectivity index (χ4n) is 1.31. The smallest absolute Gasteiger partial charge is 0.518 e. The van der Waals surface area contributed by atoms with Crippen LogP contribution in [0.1, 0.15) is 53.4 Å². The zero-order chi connectivity index (χ0) is 10.3. The molecule has 0 aromatic heterocycles. The zero-order valence-electron chi connectivity index (χ0n) is 10.5. The first-order valence-corrected chi connectivity index (χ1v) is 5.21. The van der Waals surface area contributed by atoms with Gasteiger partial charge in [0.05, 0.1) is 11.7 Å². The number of rotatable bonds is 6. The van der Waals surface area contributed by atoms with Crippen molar-refractivity contribution >= 4 is 0 Å². The van der Waals surface area contributed by atoms with Gasteiger partial charge in [-0.1, -0.05) is 19.8 Å². The molecule has 0 radical (unpaired) electrons. The molecule has 78 valence electrons. The van der Waals surface area contributed by atoms with E-state index in [1.807, 2.05) is 0 Å². The second-order valence-corrected chi connectivity index (χ2v) is 4.47. The average Bonchev–Trinajstić information content (AvgIpc) is 1.98. The van der Waals surface area contributed by atoms with Crippen LogP contribution in [0.25, 0.3) is 0 Å². The molecule has 1 atom stereocenters. The first-order valence-electron chi connectivity index (χ1n) is 5.21. The Labute approximate surface area is 101 Å². The van der Waals surface area contributed by atoms with Crippen molar-refractivity contribution in [2.45, 2.75) is 65.1 Å². The van der Waals surface area contributed by atoms with Crippen LogP contribution < -0.4 is 18.9 Å². The molecular formula is C12H23LiO. The van der Waals surface area contributed by atoms with Gasteiger partial charge in [0, 0.05) is 0 Å². The maximum atomic E-state index is 5.87.